The highest BCUT2D eigenvalue weighted by atomic mass is 35.5. The number of hydrogen-bond acceptors (Lipinski definition) is 2. The summed E-state index contributed by atoms with van der Waals surface area (Å²) < 4.78 is 16.7. The molecular weight excluding hydrogens is 379 g/mol. The molecule has 4 rings (SSSR count). The lowest BCUT2D eigenvalue weighted by molar-refractivity contribution is 0.294. The van der Waals surface area contributed by atoms with E-state index in [0.717, 1.165) is 36.7 Å². The molecule has 0 radical (unpaired) electrons. The van der Waals surface area contributed by atoms with Crippen molar-refractivity contribution in [3.8, 4) is 16.9 Å². The number of aromatic nitrogens is 1. The minimum Gasteiger partial charge on any atom is -0.312 e. The molecule has 0 atom stereocenters. The molecule has 0 spiro atoms. The Bertz CT molecular complexity index is 947. The van der Waals surface area contributed by atoms with Crippen molar-refractivity contribution in [1.82, 2.24) is 9.47 Å². The third-order valence-corrected chi connectivity index (χ3v) is 6.35. The third kappa shape index (κ3) is 3.79. The smallest absolute Gasteiger partial charge is 0.132 e. The van der Waals surface area contributed by atoms with E-state index < -0.39 is 0 Å². The van der Waals surface area contributed by atoms with Crippen LogP contribution < -0.4 is 0 Å². The van der Waals surface area contributed by atoms with Crippen LogP contribution in [0.3, 0.4) is 0 Å². The van der Waals surface area contributed by atoms with Crippen LogP contribution in [0.15, 0.2) is 54.6 Å². The molecule has 1 aliphatic heterocycles. The number of halogens is 2. The molecule has 0 unspecified atom stereocenters. The van der Waals surface area contributed by atoms with Gasteiger partial charge in [0.15, 0.2) is 0 Å². The van der Waals surface area contributed by atoms with Crippen LogP contribution in [0.25, 0.3) is 16.9 Å². The number of hydrogen-bond donors (Lipinski definition) is 0. The third-order valence-electron chi connectivity index (χ3n) is 5.09. The minimum absolute atomic E-state index is 0.218. The van der Waals surface area contributed by atoms with E-state index in [1.165, 1.54) is 23.1 Å². The Labute approximate surface area is 169 Å². The van der Waals surface area contributed by atoms with Gasteiger partial charge in [-0.05, 0) is 42.8 Å². The lowest BCUT2D eigenvalue weighted by Crippen LogP contribution is -2.32. The van der Waals surface area contributed by atoms with Gasteiger partial charge in [-0.2, -0.15) is 11.8 Å². The molecule has 2 heterocycles. The SMILES string of the molecule is Cc1c(CN2CCSCC2)cc(-c2ccccc2F)n1-c1ccccc1Cl. The first-order valence-electron chi connectivity index (χ1n) is 9.16. The monoisotopic (exact) mass is 400 g/mol. The van der Waals surface area contributed by atoms with Gasteiger partial charge >= 0.3 is 0 Å². The van der Waals surface area contributed by atoms with Gasteiger partial charge in [-0.3, -0.25) is 4.90 Å². The number of para-hydroxylation sites is 1. The van der Waals surface area contributed by atoms with E-state index in [2.05, 4.69) is 22.5 Å². The van der Waals surface area contributed by atoms with Crippen molar-refractivity contribution in [3.05, 3.63) is 76.7 Å². The van der Waals surface area contributed by atoms with Gasteiger partial charge in [-0.15, -0.1) is 0 Å². The van der Waals surface area contributed by atoms with E-state index in [1.54, 1.807) is 6.07 Å². The van der Waals surface area contributed by atoms with E-state index in [4.69, 9.17) is 11.6 Å². The predicted molar refractivity (Wildman–Crippen MR) is 114 cm³/mol. The zero-order valence-corrected chi connectivity index (χ0v) is 16.9. The quantitative estimate of drug-likeness (QED) is 0.547. The van der Waals surface area contributed by atoms with Gasteiger partial charge in [-0.1, -0.05) is 35.9 Å². The molecule has 0 bridgehead atoms. The molecule has 0 saturated carbocycles. The Balaban J connectivity index is 1.85. The molecule has 27 heavy (non-hydrogen) atoms. The number of thioether (sulfide) groups is 1. The Kier molecular flexibility index (Phi) is 5.58. The van der Waals surface area contributed by atoms with Gasteiger partial charge < -0.3 is 4.57 Å². The maximum atomic E-state index is 14.6. The maximum Gasteiger partial charge on any atom is 0.132 e. The van der Waals surface area contributed by atoms with Gasteiger partial charge in [0.2, 0.25) is 0 Å². The van der Waals surface area contributed by atoms with E-state index in [-0.39, 0.29) is 5.82 Å². The topological polar surface area (TPSA) is 8.17 Å². The van der Waals surface area contributed by atoms with Crippen LogP contribution in [0.4, 0.5) is 4.39 Å². The summed E-state index contributed by atoms with van der Waals surface area (Å²) >= 11 is 8.51. The summed E-state index contributed by atoms with van der Waals surface area (Å²) in [4.78, 5) is 2.47. The fourth-order valence-corrected chi connectivity index (χ4v) is 4.83. The summed E-state index contributed by atoms with van der Waals surface area (Å²) in [6.07, 6.45) is 0. The zero-order valence-electron chi connectivity index (χ0n) is 15.3. The summed E-state index contributed by atoms with van der Waals surface area (Å²) in [5.41, 5.74) is 4.66. The molecule has 0 aliphatic carbocycles. The summed E-state index contributed by atoms with van der Waals surface area (Å²) in [5.74, 6) is 2.12. The lowest BCUT2D eigenvalue weighted by Gasteiger charge is -2.26. The molecule has 1 aromatic heterocycles. The first kappa shape index (κ1) is 18.6. The van der Waals surface area contributed by atoms with Gasteiger partial charge in [0.1, 0.15) is 5.82 Å². The van der Waals surface area contributed by atoms with E-state index in [9.17, 15) is 4.39 Å². The van der Waals surface area contributed by atoms with Gasteiger partial charge in [0.25, 0.3) is 0 Å². The Hall–Kier alpha value is -1.75. The molecule has 0 N–H and O–H groups in total. The second kappa shape index (κ2) is 8.09. The normalized spacial score (nSPS) is 15.2. The zero-order chi connectivity index (χ0) is 18.8. The first-order valence-corrected chi connectivity index (χ1v) is 10.7. The minimum atomic E-state index is -0.218. The van der Waals surface area contributed by atoms with Crippen molar-refractivity contribution in [2.75, 3.05) is 24.6 Å². The molecule has 3 aromatic rings. The number of benzene rings is 2. The predicted octanol–water partition coefficient (Wildman–Crippen LogP) is 5.79. The molecule has 2 nitrogen and oxygen atoms in total. The summed E-state index contributed by atoms with van der Waals surface area (Å²) in [6, 6.07) is 16.8. The Morgan fingerprint density at radius 1 is 1.04 bits per heavy atom. The number of rotatable bonds is 4. The van der Waals surface area contributed by atoms with Crippen molar-refractivity contribution in [2.45, 2.75) is 13.5 Å². The highest BCUT2D eigenvalue weighted by molar-refractivity contribution is 7.99. The van der Waals surface area contributed by atoms with Crippen LogP contribution in [0.2, 0.25) is 5.02 Å². The number of nitrogens with zero attached hydrogens (tertiary/aromatic N) is 2. The van der Waals surface area contributed by atoms with Gasteiger partial charge in [0.05, 0.1) is 16.4 Å². The van der Waals surface area contributed by atoms with Crippen molar-refractivity contribution < 1.29 is 4.39 Å². The Morgan fingerprint density at radius 3 is 2.48 bits per heavy atom. The fraction of sp³-hybridized carbons (Fsp3) is 0.273. The van der Waals surface area contributed by atoms with E-state index >= 15 is 0 Å². The summed E-state index contributed by atoms with van der Waals surface area (Å²) in [6.45, 7) is 5.17. The van der Waals surface area contributed by atoms with E-state index in [0.29, 0.717) is 10.6 Å². The second-order valence-electron chi connectivity index (χ2n) is 6.80. The van der Waals surface area contributed by atoms with Crippen molar-refractivity contribution in [1.29, 1.82) is 0 Å². The van der Waals surface area contributed by atoms with Crippen molar-refractivity contribution in [3.63, 3.8) is 0 Å². The van der Waals surface area contributed by atoms with Crippen LogP contribution in [0.1, 0.15) is 11.3 Å². The Morgan fingerprint density at radius 2 is 1.74 bits per heavy atom. The second-order valence-corrected chi connectivity index (χ2v) is 8.43. The highest BCUT2D eigenvalue weighted by Crippen LogP contribution is 2.34. The molecule has 0 amide bonds. The van der Waals surface area contributed by atoms with Gasteiger partial charge in [0, 0.05) is 42.4 Å². The summed E-state index contributed by atoms with van der Waals surface area (Å²) in [5, 5.41) is 0.662. The van der Waals surface area contributed by atoms with Crippen LogP contribution >= 0.6 is 23.4 Å². The molecule has 1 saturated heterocycles. The maximum absolute atomic E-state index is 14.6. The lowest BCUT2D eigenvalue weighted by atomic mass is 10.1. The standard InChI is InChI=1S/C22H22ClFN2S/c1-16-17(15-25-10-12-27-13-11-25)14-22(18-6-2-4-8-20(18)24)26(16)21-9-5-3-7-19(21)23/h2-9,14H,10-13,15H2,1H3. The molecule has 1 fully saturated rings. The van der Waals surface area contributed by atoms with Crippen LogP contribution in [-0.2, 0) is 6.54 Å². The average molecular weight is 401 g/mol. The highest BCUT2D eigenvalue weighted by Gasteiger charge is 2.20. The van der Waals surface area contributed by atoms with Crippen molar-refractivity contribution >= 4 is 23.4 Å². The van der Waals surface area contributed by atoms with Crippen LogP contribution in [-0.4, -0.2) is 34.1 Å². The average Bonchev–Trinajstić information content (AvgIpc) is 2.99. The van der Waals surface area contributed by atoms with Crippen LogP contribution in [0.5, 0.6) is 0 Å². The van der Waals surface area contributed by atoms with Crippen molar-refractivity contribution in [2.24, 2.45) is 0 Å². The van der Waals surface area contributed by atoms with Crippen LogP contribution in [0, 0.1) is 12.7 Å². The fourth-order valence-electron chi connectivity index (χ4n) is 3.63. The molecule has 5 heteroatoms. The largest absolute Gasteiger partial charge is 0.312 e. The first-order chi connectivity index (χ1) is 13.1. The van der Waals surface area contributed by atoms with E-state index in [1.807, 2.05) is 48.2 Å². The summed E-state index contributed by atoms with van der Waals surface area (Å²) in [7, 11) is 0. The van der Waals surface area contributed by atoms with Gasteiger partial charge in [-0.25, -0.2) is 4.39 Å². The molecule has 2 aromatic carbocycles. The molecular formula is C22H22ClFN2S. The molecule has 1 aliphatic rings. The molecule has 140 valence electrons.